The molecule has 88 valence electrons. The molecule has 3 nitrogen and oxygen atoms in total. The van der Waals surface area contributed by atoms with E-state index in [9.17, 15) is 0 Å². The SMILES string of the molecule is CC(COC1CCOC1)NC1CCSC1. The number of ether oxygens (including phenoxy) is 2. The molecule has 0 aromatic heterocycles. The van der Waals surface area contributed by atoms with Gasteiger partial charge in [-0.05, 0) is 25.5 Å². The standard InChI is InChI=1S/C11H21NO2S/c1-9(12-10-3-5-15-8-10)6-14-11-2-4-13-7-11/h9-12H,2-8H2,1H3. The van der Waals surface area contributed by atoms with Crippen LogP contribution in [0.2, 0.25) is 0 Å². The van der Waals surface area contributed by atoms with Crippen LogP contribution in [0.5, 0.6) is 0 Å². The topological polar surface area (TPSA) is 30.5 Å². The summed E-state index contributed by atoms with van der Waals surface area (Å²) in [6.07, 6.45) is 2.71. The second-order valence-electron chi connectivity index (χ2n) is 4.45. The summed E-state index contributed by atoms with van der Waals surface area (Å²) in [6.45, 7) is 4.67. The Balaban J connectivity index is 1.57. The van der Waals surface area contributed by atoms with E-state index in [4.69, 9.17) is 9.47 Å². The molecule has 2 heterocycles. The first-order valence-electron chi connectivity index (χ1n) is 5.88. The minimum Gasteiger partial charge on any atom is -0.379 e. The molecular weight excluding hydrogens is 210 g/mol. The fourth-order valence-electron chi connectivity index (χ4n) is 2.04. The van der Waals surface area contributed by atoms with E-state index < -0.39 is 0 Å². The number of hydrogen-bond donors (Lipinski definition) is 1. The van der Waals surface area contributed by atoms with Crippen LogP contribution in [0, 0.1) is 0 Å². The Bertz CT molecular complexity index is 179. The van der Waals surface area contributed by atoms with Crippen LogP contribution >= 0.6 is 11.8 Å². The van der Waals surface area contributed by atoms with Crippen molar-refractivity contribution in [1.82, 2.24) is 5.32 Å². The van der Waals surface area contributed by atoms with Crippen LogP contribution in [0.25, 0.3) is 0 Å². The van der Waals surface area contributed by atoms with Crippen molar-refractivity contribution in [3.05, 3.63) is 0 Å². The zero-order chi connectivity index (χ0) is 10.5. The lowest BCUT2D eigenvalue weighted by atomic mass is 10.2. The summed E-state index contributed by atoms with van der Waals surface area (Å²) in [7, 11) is 0. The molecule has 2 rings (SSSR count). The average Bonchev–Trinajstić information content (AvgIpc) is 2.86. The third-order valence-electron chi connectivity index (χ3n) is 2.92. The van der Waals surface area contributed by atoms with Crippen LogP contribution in [-0.4, -0.2) is 49.5 Å². The van der Waals surface area contributed by atoms with Crippen molar-refractivity contribution in [1.29, 1.82) is 0 Å². The van der Waals surface area contributed by atoms with Gasteiger partial charge in [-0.1, -0.05) is 0 Å². The summed E-state index contributed by atoms with van der Waals surface area (Å²) in [5.74, 6) is 2.57. The van der Waals surface area contributed by atoms with Gasteiger partial charge in [0.25, 0.3) is 0 Å². The molecule has 2 fully saturated rings. The van der Waals surface area contributed by atoms with Gasteiger partial charge in [-0.25, -0.2) is 0 Å². The van der Waals surface area contributed by atoms with Gasteiger partial charge in [0.15, 0.2) is 0 Å². The van der Waals surface area contributed by atoms with Gasteiger partial charge < -0.3 is 14.8 Å². The number of rotatable bonds is 5. The molecule has 4 heteroatoms. The van der Waals surface area contributed by atoms with Crippen molar-refractivity contribution >= 4 is 11.8 Å². The van der Waals surface area contributed by atoms with Gasteiger partial charge in [0.1, 0.15) is 0 Å². The molecule has 3 unspecified atom stereocenters. The third-order valence-corrected chi connectivity index (χ3v) is 4.08. The molecule has 2 aliphatic heterocycles. The van der Waals surface area contributed by atoms with Gasteiger partial charge in [-0.3, -0.25) is 0 Å². The molecule has 1 N–H and O–H groups in total. The van der Waals surface area contributed by atoms with Crippen molar-refractivity contribution in [3.63, 3.8) is 0 Å². The Morgan fingerprint density at radius 2 is 2.47 bits per heavy atom. The highest BCUT2D eigenvalue weighted by molar-refractivity contribution is 7.99. The molecule has 3 atom stereocenters. The molecule has 15 heavy (non-hydrogen) atoms. The first-order chi connectivity index (χ1) is 7.34. The molecule has 0 saturated carbocycles. The summed E-state index contributed by atoms with van der Waals surface area (Å²) >= 11 is 2.04. The highest BCUT2D eigenvalue weighted by Gasteiger charge is 2.20. The normalized spacial score (nSPS) is 33.4. The molecule has 0 spiro atoms. The minimum atomic E-state index is 0.340. The molecule has 0 aliphatic carbocycles. The first kappa shape index (κ1) is 11.7. The molecule has 0 aromatic rings. The van der Waals surface area contributed by atoms with E-state index in [0.717, 1.165) is 26.2 Å². The summed E-state index contributed by atoms with van der Waals surface area (Å²) < 4.78 is 11.1. The maximum atomic E-state index is 5.78. The van der Waals surface area contributed by atoms with Gasteiger partial charge in [0.05, 0.1) is 19.3 Å². The minimum absolute atomic E-state index is 0.340. The zero-order valence-corrected chi connectivity index (χ0v) is 10.2. The van der Waals surface area contributed by atoms with Crippen LogP contribution in [-0.2, 0) is 9.47 Å². The maximum absolute atomic E-state index is 5.78. The van der Waals surface area contributed by atoms with E-state index in [1.54, 1.807) is 0 Å². The third kappa shape index (κ3) is 3.94. The highest BCUT2D eigenvalue weighted by Crippen LogP contribution is 2.17. The van der Waals surface area contributed by atoms with Crippen LogP contribution in [0.15, 0.2) is 0 Å². The van der Waals surface area contributed by atoms with Crippen LogP contribution < -0.4 is 5.32 Å². The lowest BCUT2D eigenvalue weighted by molar-refractivity contribution is 0.0312. The molecular formula is C11H21NO2S. The van der Waals surface area contributed by atoms with E-state index in [0.29, 0.717) is 18.2 Å². The summed E-state index contributed by atoms with van der Waals surface area (Å²) in [5.41, 5.74) is 0. The average molecular weight is 231 g/mol. The fraction of sp³-hybridized carbons (Fsp3) is 1.00. The van der Waals surface area contributed by atoms with E-state index >= 15 is 0 Å². The highest BCUT2D eigenvalue weighted by atomic mass is 32.2. The molecule has 0 aromatic carbocycles. The summed E-state index contributed by atoms with van der Waals surface area (Å²) in [6, 6.07) is 1.17. The smallest absolute Gasteiger partial charge is 0.0831 e. The second-order valence-corrected chi connectivity index (χ2v) is 5.60. The Hall–Kier alpha value is 0.230. The Morgan fingerprint density at radius 3 is 3.13 bits per heavy atom. The second kappa shape index (κ2) is 6.09. The lowest BCUT2D eigenvalue weighted by Crippen LogP contribution is -2.40. The Kier molecular flexibility index (Phi) is 4.75. The van der Waals surface area contributed by atoms with Gasteiger partial charge in [0, 0.05) is 24.4 Å². The van der Waals surface area contributed by atoms with Crippen LogP contribution in [0.4, 0.5) is 0 Å². The quantitative estimate of drug-likeness (QED) is 0.772. The van der Waals surface area contributed by atoms with Gasteiger partial charge in [0.2, 0.25) is 0 Å². The van der Waals surface area contributed by atoms with E-state index in [2.05, 4.69) is 12.2 Å². The molecule has 0 bridgehead atoms. The van der Waals surface area contributed by atoms with Crippen LogP contribution in [0.1, 0.15) is 19.8 Å². The van der Waals surface area contributed by atoms with Gasteiger partial charge in [-0.2, -0.15) is 11.8 Å². The van der Waals surface area contributed by atoms with Crippen LogP contribution in [0.3, 0.4) is 0 Å². The predicted molar refractivity (Wildman–Crippen MR) is 63.5 cm³/mol. The van der Waals surface area contributed by atoms with Gasteiger partial charge >= 0.3 is 0 Å². The Morgan fingerprint density at radius 1 is 1.53 bits per heavy atom. The summed E-state index contributed by atoms with van der Waals surface area (Å²) in [4.78, 5) is 0. The predicted octanol–water partition coefficient (Wildman–Crippen LogP) is 1.28. The lowest BCUT2D eigenvalue weighted by Gasteiger charge is -2.20. The van der Waals surface area contributed by atoms with Crippen molar-refractivity contribution in [3.8, 4) is 0 Å². The first-order valence-corrected chi connectivity index (χ1v) is 7.03. The fourth-order valence-corrected chi connectivity index (χ4v) is 3.21. The molecule has 0 amide bonds. The van der Waals surface area contributed by atoms with Crippen molar-refractivity contribution in [2.75, 3.05) is 31.3 Å². The van der Waals surface area contributed by atoms with Crippen molar-refractivity contribution in [2.24, 2.45) is 0 Å². The Labute approximate surface area is 96.3 Å². The van der Waals surface area contributed by atoms with Crippen molar-refractivity contribution in [2.45, 2.75) is 38.0 Å². The molecule has 2 aliphatic rings. The van der Waals surface area contributed by atoms with Gasteiger partial charge in [-0.15, -0.1) is 0 Å². The largest absolute Gasteiger partial charge is 0.379 e. The molecule has 2 saturated heterocycles. The monoisotopic (exact) mass is 231 g/mol. The molecule has 0 radical (unpaired) electrons. The number of thioether (sulfide) groups is 1. The summed E-state index contributed by atoms with van der Waals surface area (Å²) in [5, 5.41) is 3.62. The van der Waals surface area contributed by atoms with E-state index in [-0.39, 0.29) is 0 Å². The zero-order valence-electron chi connectivity index (χ0n) is 9.41. The van der Waals surface area contributed by atoms with Crippen molar-refractivity contribution < 1.29 is 9.47 Å². The maximum Gasteiger partial charge on any atom is 0.0831 e. The van der Waals surface area contributed by atoms with E-state index in [1.807, 2.05) is 11.8 Å². The van der Waals surface area contributed by atoms with E-state index in [1.165, 1.54) is 17.9 Å². The number of nitrogens with one attached hydrogen (secondary N) is 1. The number of hydrogen-bond acceptors (Lipinski definition) is 4.